The van der Waals surface area contributed by atoms with E-state index in [0.717, 1.165) is 61.3 Å². The molecule has 11 rings (SSSR count). The third-order valence-electron chi connectivity index (χ3n) is 11.5. The number of hydrogen-bond donors (Lipinski definition) is 0. The molecule has 272 valence electrons. The van der Waals surface area contributed by atoms with Crippen molar-refractivity contribution in [2.45, 2.75) is 0 Å². The minimum absolute atomic E-state index is 0.843. The van der Waals surface area contributed by atoms with Crippen molar-refractivity contribution in [2.24, 2.45) is 0 Å². The summed E-state index contributed by atoms with van der Waals surface area (Å²) in [7, 11) is 0. The van der Waals surface area contributed by atoms with E-state index < -0.39 is 0 Å². The van der Waals surface area contributed by atoms with Crippen LogP contribution in [0.15, 0.2) is 229 Å². The molecule has 58 heavy (non-hydrogen) atoms. The van der Waals surface area contributed by atoms with E-state index in [4.69, 9.17) is 4.42 Å². The van der Waals surface area contributed by atoms with Crippen LogP contribution in [0.25, 0.3) is 88.0 Å². The maximum atomic E-state index is 7.18. The molecule has 0 atom stereocenters. The summed E-state index contributed by atoms with van der Waals surface area (Å²) in [5.74, 6) is 0. The van der Waals surface area contributed by atoms with Gasteiger partial charge in [-0.15, -0.1) is 0 Å². The van der Waals surface area contributed by atoms with Crippen molar-refractivity contribution in [3.05, 3.63) is 224 Å². The van der Waals surface area contributed by atoms with Crippen LogP contribution in [0.1, 0.15) is 0 Å². The Kier molecular flexibility index (Phi) is 8.19. The fourth-order valence-corrected chi connectivity index (χ4v) is 8.54. The highest BCUT2D eigenvalue weighted by Crippen LogP contribution is 2.47. The zero-order valence-corrected chi connectivity index (χ0v) is 31.7. The number of rotatable bonds is 7. The van der Waals surface area contributed by atoms with E-state index in [-0.39, 0.29) is 0 Å². The smallest absolute Gasteiger partial charge is 0.159 e. The standard InChI is InChI=1S/C56H37NO/c1-3-14-42(15-4-1)50-34-35-51(43-16-5-2-6-17-43)56-54(50)52-20-11-21-53(55(52)58-56)57(48-30-26-40(27-31-48)46-24-22-38-12-7-9-18-44(38)36-46)49-32-28-41(29-33-49)47-25-23-39-13-8-10-19-45(39)37-47/h1-37H. The molecule has 0 unspecified atom stereocenters. The largest absolute Gasteiger partial charge is 0.453 e. The topological polar surface area (TPSA) is 16.4 Å². The summed E-state index contributed by atoms with van der Waals surface area (Å²) in [6.45, 7) is 0. The molecular formula is C56H37NO. The van der Waals surface area contributed by atoms with E-state index in [1.54, 1.807) is 0 Å². The summed E-state index contributed by atoms with van der Waals surface area (Å²) >= 11 is 0. The Labute approximate surface area is 337 Å². The van der Waals surface area contributed by atoms with Crippen LogP contribution in [0.5, 0.6) is 0 Å². The highest BCUT2D eigenvalue weighted by Gasteiger charge is 2.23. The normalized spacial score (nSPS) is 11.4. The zero-order chi connectivity index (χ0) is 38.4. The lowest BCUT2D eigenvalue weighted by Gasteiger charge is -2.26. The predicted octanol–water partition coefficient (Wildman–Crippen LogP) is 16.0. The third kappa shape index (κ3) is 5.91. The van der Waals surface area contributed by atoms with E-state index in [1.165, 1.54) is 43.8 Å². The summed E-state index contributed by atoms with van der Waals surface area (Å²) in [5, 5.41) is 7.14. The van der Waals surface area contributed by atoms with E-state index in [0.29, 0.717) is 0 Å². The van der Waals surface area contributed by atoms with Gasteiger partial charge in [-0.1, -0.05) is 176 Å². The number of hydrogen-bond acceptors (Lipinski definition) is 2. The van der Waals surface area contributed by atoms with Crippen LogP contribution >= 0.6 is 0 Å². The van der Waals surface area contributed by atoms with Gasteiger partial charge < -0.3 is 9.32 Å². The Morgan fingerprint density at radius 1 is 0.293 bits per heavy atom. The molecule has 0 bridgehead atoms. The van der Waals surface area contributed by atoms with E-state index in [9.17, 15) is 0 Å². The SMILES string of the molecule is c1ccc(-c2ccc(-c3ccccc3)c3c2oc2c(N(c4ccc(-c5ccc6ccccc6c5)cc4)c4ccc(-c5ccc6ccccc6c5)cc4)cccc23)cc1. The van der Waals surface area contributed by atoms with Gasteiger partial charge in [0.05, 0.1) is 5.69 Å². The van der Waals surface area contributed by atoms with E-state index >= 15 is 0 Å². The van der Waals surface area contributed by atoms with Crippen LogP contribution < -0.4 is 4.90 Å². The second kappa shape index (κ2) is 14.1. The molecule has 0 aliphatic rings. The van der Waals surface area contributed by atoms with Crippen molar-refractivity contribution >= 4 is 60.5 Å². The highest BCUT2D eigenvalue weighted by atomic mass is 16.3. The maximum Gasteiger partial charge on any atom is 0.159 e. The monoisotopic (exact) mass is 739 g/mol. The molecule has 0 spiro atoms. The highest BCUT2D eigenvalue weighted by molar-refractivity contribution is 6.19. The Morgan fingerprint density at radius 3 is 1.31 bits per heavy atom. The zero-order valence-electron chi connectivity index (χ0n) is 31.7. The van der Waals surface area contributed by atoms with Gasteiger partial charge in [0.25, 0.3) is 0 Å². The van der Waals surface area contributed by atoms with Gasteiger partial charge in [0, 0.05) is 27.7 Å². The van der Waals surface area contributed by atoms with Crippen LogP contribution in [0.2, 0.25) is 0 Å². The van der Waals surface area contributed by atoms with Gasteiger partial charge in [0.1, 0.15) is 5.58 Å². The molecule has 0 saturated carbocycles. The summed E-state index contributed by atoms with van der Waals surface area (Å²) < 4.78 is 7.18. The Bertz CT molecular complexity index is 3130. The molecule has 0 aliphatic heterocycles. The van der Waals surface area contributed by atoms with Gasteiger partial charge in [0.15, 0.2) is 5.58 Å². The van der Waals surface area contributed by atoms with Crippen LogP contribution in [0, 0.1) is 0 Å². The number of furan rings is 1. The summed E-state index contributed by atoms with van der Waals surface area (Å²) in [4.78, 5) is 2.34. The molecule has 0 saturated heterocycles. The number of fused-ring (bicyclic) bond motifs is 5. The molecule has 2 heteroatoms. The van der Waals surface area contributed by atoms with E-state index in [2.05, 4.69) is 229 Å². The van der Waals surface area contributed by atoms with Gasteiger partial charge in [0.2, 0.25) is 0 Å². The van der Waals surface area contributed by atoms with Crippen molar-refractivity contribution in [2.75, 3.05) is 4.90 Å². The average Bonchev–Trinajstić information content (AvgIpc) is 3.70. The Morgan fingerprint density at radius 2 is 0.759 bits per heavy atom. The molecule has 0 N–H and O–H groups in total. The maximum absolute atomic E-state index is 7.18. The molecule has 0 amide bonds. The van der Waals surface area contributed by atoms with Crippen molar-refractivity contribution in [1.82, 2.24) is 0 Å². The average molecular weight is 740 g/mol. The van der Waals surface area contributed by atoms with Gasteiger partial charge in [-0.25, -0.2) is 0 Å². The summed E-state index contributed by atoms with van der Waals surface area (Å²) in [5.41, 5.74) is 14.0. The quantitative estimate of drug-likeness (QED) is 0.162. The molecular weight excluding hydrogens is 703 g/mol. The third-order valence-corrected chi connectivity index (χ3v) is 11.5. The van der Waals surface area contributed by atoms with E-state index in [1.807, 2.05) is 0 Å². The van der Waals surface area contributed by atoms with Gasteiger partial charge in [-0.05, 0) is 109 Å². The molecule has 0 fully saturated rings. The first kappa shape index (κ1) is 33.6. The van der Waals surface area contributed by atoms with Crippen molar-refractivity contribution < 1.29 is 4.42 Å². The molecule has 11 aromatic rings. The first-order valence-electron chi connectivity index (χ1n) is 19.8. The van der Waals surface area contributed by atoms with Crippen LogP contribution in [0.3, 0.4) is 0 Å². The molecule has 0 aliphatic carbocycles. The summed E-state index contributed by atoms with van der Waals surface area (Å²) in [6, 6.07) is 80.5. The number of nitrogens with zero attached hydrogens (tertiary/aromatic N) is 1. The number of anilines is 3. The lowest BCUT2D eigenvalue weighted by atomic mass is 9.94. The van der Waals surface area contributed by atoms with Gasteiger partial charge in [-0.3, -0.25) is 0 Å². The number of para-hydroxylation sites is 1. The van der Waals surface area contributed by atoms with Crippen molar-refractivity contribution in [1.29, 1.82) is 0 Å². The first-order valence-corrected chi connectivity index (χ1v) is 19.8. The molecule has 1 aromatic heterocycles. The molecule has 10 aromatic carbocycles. The van der Waals surface area contributed by atoms with Crippen LogP contribution in [-0.4, -0.2) is 0 Å². The second-order valence-electron chi connectivity index (χ2n) is 14.9. The van der Waals surface area contributed by atoms with Crippen LogP contribution in [-0.2, 0) is 0 Å². The molecule has 0 radical (unpaired) electrons. The minimum Gasteiger partial charge on any atom is -0.453 e. The second-order valence-corrected chi connectivity index (χ2v) is 14.9. The number of benzene rings is 10. The van der Waals surface area contributed by atoms with Crippen LogP contribution in [0.4, 0.5) is 17.1 Å². The lowest BCUT2D eigenvalue weighted by molar-refractivity contribution is 0.670. The van der Waals surface area contributed by atoms with Crippen molar-refractivity contribution in [3.63, 3.8) is 0 Å². The minimum atomic E-state index is 0.843. The molecule has 1 heterocycles. The Hall–Kier alpha value is -7.68. The lowest BCUT2D eigenvalue weighted by Crippen LogP contribution is -2.10. The van der Waals surface area contributed by atoms with Crippen molar-refractivity contribution in [3.8, 4) is 44.5 Å². The predicted molar refractivity (Wildman–Crippen MR) is 245 cm³/mol. The fourth-order valence-electron chi connectivity index (χ4n) is 8.54. The summed E-state index contributed by atoms with van der Waals surface area (Å²) in [6.07, 6.45) is 0. The Balaban J connectivity index is 1.10. The van der Waals surface area contributed by atoms with Gasteiger partial charge in [-0.2, -0.15) is 0 Å². The fraction of sp³-hybridized carbons (Fsp3) is 0. The first-order chi connectivity index (χ1) is 28.7. The van der Waals surface area contributed by atoms with Gasteiger partial charge >= 0.3 is 0 Å². The molecule has 2 nitrogen and oxygen atoms in total.